The van der Waals surface area contributed by atoms with Gasteiger partial charge in [0.15, 0.2) is 0 Å². The van der Waals surface area contributed by atoms with Gasteiger partial charge in [-0.05, 0) is 32.8 Å². The highest BCUT2D eigenvalue weighted by atomic mass is 32.2. The van der Waals surface area contributed by atoms with Crippen LogP contribution in [0.25, 0.3) is 0 Å². The topological polar surface area (TPSA) is 72.9 Å². The maximum absolute atomic E-state index is 12.3. The first-order valence-electron chi connectivity index (χ1n) is 6.40. The molecule has 1 amide bonds. The van der Waals surface area contributed by atoms with Gasteiger partial charge in [0.1, 0.15) is 11.4 Å². The number of halogens is 3. The van der Waals surface area contributed by atoms with Crippen LogP contribution < -0.4 is 0 Å². The van der Waals surface area contributed by atoms with Crippen LogP contribution in [0.5, 0.6) is 0 Å². The molecule has 0 N–H and O–H groups in total. The molecule has 1 aliphatic rings. The van der Waals surface area contributed by atoms with Crippen molar-refractivity contribution in [3.8, 4) is 0 Å². The van der Waals surface area contributed by atoms with Crippen LogP contribution in [0.2, 0.25) is 0 Å². The van der Waals surface area contributed by atoms with Crippen molar-refractivity contribution in [3.63, 3.8) is 0 Å². The standard InChI is InChI=1S/C12H18F3NO5S/c1-8-5-9(21-22(18,19)12(13,14)15)7-16(6-8)10(17)20-11(2,3)4/h5,8H,6-7H2,1-4H3. The Labute approximate surface area is 127 Å². The molecular formula is C12H18F3NO5S. The van der Waals surface area contributed by atoms with Crippen LogP contribution in [-0.2, 0) is 19.0 Å². The van der Waals surface area contributed by atoms with Crippen molar-refractivity contribution in [1.82, 2.24) is 4.90 Å². The third-order valence-corrected chi connectivity index (χ3v) is 3.48. The molecule has 0 radical (unpaired) electrons. The lowest BCUT2D eigenvalue weighted by molar-refractivity contribution is -0.0526. The largest absolute Gasteiger partial charge is 0.534 e. The summed E-state index contributed by atoms with van der Waals surface area (Å²) in [6.45, 7) is 6.31. The van der Waals surface area contributed by atoms with Gasteiger partial charge in [-0.1, -0.05) is 6.92 Å². The molecule has 0 bridgehead atoms. The van der Waals surface area contributed by atoms with E-state index in [0.717, 1.165) is 4.90 Å². The Morgan fingerprint density at radius 1 is 1.32 bits per heavy atom. The van der Waals surface area contributed by atoms with Crippen molar-refractivity contribution < 1.29 is 35.3 Å². The molecule has 0 aromatic heterocycles. The average molecular weight is 345 g/mol. The van der Waals surface area contributed by atoms with Crippen molar-refractivity contribution in [2.45, 2.75) is 38.8 Å². The first-order chi connectivity index (χ1) is 9.71. The molecule has 0 fully saturated rings. The highest BCUT2D eigenvalue weighted by Gasteiger charge is 2.49. The van der Waals surface area contributed by atoms with Gasteiger partial charge in [0.05, 0.1) is 6.54 Å². The van der Waals surface area contributed by atoms with E-state index < -0.39 is 39.6 Å². The van der Waals surface area contributed by atoms with E-state index in [-0.39, 0.29) is 12.5 Å². The summed E-state index contributed by atoms with van der Waals surface area (Å²) in [4.78, 5) is 13.0. The summed E-state index contributed by atoms with van der Waals surface area (Å²) in [5, 5.41) is 0. The van der Waals surface area contributed by atoms with E-state index in [1.165, 1.54) is 6.08 Å². The third kappa shape index (κ3) is 5.08. The molecule has 0 saturated carbocycles. The highest BCUT2D eigenvalue weighted by Crippen LogP contribution is 2.28. The van der Waals surface area contributed by atoms with E-state index in [2.05, 4.69) is 4.18 Å². The summed E-state index contributed by atoms with van der Waals surface area (Å²) >= 11 is 0. The molecule has 10 heteroatoms. The number of nitrogens with zero attached hydrogens (tertiary/aromatic N) is 1. The van der Waals surface area contributed by atoms with Gasteiger partial charge in [0.25, 0.3) is 0 Å². The first-order valence-corrected chi connectivity index (χ1v) is 7.81. The lowest BCUT2D eigenvalue weighted by atomic mass is 10.1. The molecule has 1 aliphatic heterocycles. The molecule has 1 heterocycles. The number of carbonyl (C=O) groups excluding carboxylic acids is 1. The number of rotatable bonds is 2. The van der Waals surface area contributed by atoms with Crippen molar-refractivity contribution in [2.24, 2.45) is 5.92 Å². The Morgan fingerprint density at radius 2 is 1.86 bits per heavy atom. The number of amides is 1. The van der Waals surface area contributed by atoms with Gasteiger partial charge < -0.3 is 13.8 Å². The molecule has 1 atom stereocenters. The fourth-order valence-corrected chi connectivity index (χ4v) is 2.22. The lowest BCUT2D eigenvalue weighted by Crippen LogP contribution is -2.43. The Hall–Kier alpha value is -1.45. The molecule has 1 unspecified atom stereocenters. The van der Waals surface area contributed by atoms with E-state index >= 15 is 0 Å². The van der Waals surface area contributed by atoms with E-state index in [1.54, 1.807) is 27.7 Å². The van der Waals surface area contributed by atoms with E-state index in [9.17, 15) is 26.4 Å². The Balaban J connectivity index is 2.86. The van der Waals surface area contributed by atoms with Gasteiger partial charge in [-0.3, -0.25) is 0 Å². The maximum Gasteiger partial charge on any atom is 0.534 e. The van der Waals surface area contributed by atoms with E-state index in [1.807, 2.05) is 0 Å². The molecule has 0 saturated heterocycles. The zero-order valence-electron chi connectivity index (χ0n) is 12.6. The van der Waals surface area contributed by atoms with Crippen LogP contribution in [0.15, 0.2) is 11.8 Å². The van der Waals surface area contributed by atoms with Gasteiger partial charge in [0.2, 0.25) is 0 Å². The number of hydrogen-bond acceptors (Lipinski definition) is 5. The minimum atomic E-state index is -5.75. The molecular weight excluding hydrogens is 327 g/mol. The third-order valence-electron chi connectivity index (χ3n) is 2.48. The predicted molar refractivity (Wildman–Crippen MR) is 71.1 cm³/mol. The van der Waals surface area contributed by atoms with Gasteiger partial charge >= 0.3 is 21.7 Å². The normalized spacial score (nSPS) is 20.4. The summed E-state index contributed by atoms with van der Waals surface area (Å²) in [7, 11) is -5.75. The van der Waals surface area contributed by atoms with Gasteiger partial charge in [-0.25, -0.2) is 4.79 Å². The van der Waals surface area contributed by atoms with Gasteiger partial charge in [0, 0.05) is 6.54 Å². The molecule has 128 valence electrons. The quantitative estimate of drug-likeness (QED) is 0.568. The number of hydrogen-bond donors (Lipinski definition) is 0. The van der Waals surface area contributed by atoms with Crippen LogP contribution in [0, 0.1) is 5.92 Å². The molecule has 0 spiro atoms. The summed E-state index contributed by atoms with van der Waals surface area (Å²) in [5.74, 6) is -0.832. The van der Waals surface area contributed by atoms with Crippen LogP contribution >= 0.6 is 0 Å². The van der Waals surface area contributed by atoms with Crippen molar-refractivity contribution in [1.29, 1.82) is 0 Å². The van der Waals surface area contributed by atoms with Crippen LogP contribution in [0.3, 0.4) is 0 Å². The molecule has 0 aliphatic carbocycles. The van der Waals surface area contributed by atoms with E-state index in [0.29, 0.717) is 0 Å². The minimum absolute atomic E-state index is 0.188. The smallest absolute Gasteiger partial charge is 0.444 e. The fraction of sp³-hybridized carbons (Fsp3) is 0.750. The SMILES string of the molecule is CC1C=C(OS(=O)(=O)C(F)(F)F)CN(C(=O)OC(C)(C)C)C1. The van der Waals surface area contributed by atoms with E-state index in [4.69, 9.17) is 4.74 Å². The minimum Gasteiger partial charge on any atom is -0.444 e. The van der Waals surface area contributed by atoms with Crippen LogP contribution in [0.1, 0.15) is 27.7 Å². The first kappa shape index (κ1) is 18.6. The number of alkyl halides is 3. The van der Waals surface area contributed by atoms with Crippen molar-refractivity contribution >= 4 is 16.2 Å². The second-order valence-electron chi connectivity index (χ2n) is 5.95. The number of carbonyl (C=O) groups is 1. The maximum atomic E-state index is 12.3. The zero-order chi connectivity index (χ0) is 17.3. The van der Waals surface area contributed by atoms with Crippen LogP contribution in [0.4, 0.5) is 18.0 Å². The van der Waals surface area contributed by atoms with Crippen molar-refractivity contribution in [2.75, 3.05) is 13.1 Å². The van der Waals surface area contributed by atoms with Crippen molar-refractivity contribution in [3.05, 3.63) is 11.8 Å². The molecule has 0 aromatic carbocycles. The number of ether oxygens (including phenoxy) is 1. The lowest BCUT2D eigenvalue weighted by Gasteiger charge is -2.32. The molecule has 22 heavy (non-hydrogen) atoms. The van der Waals surface area contributed by atoms with Crippen LogP contribution in [-0.4, -0.2) is 43.6 Å². The monoisotopic (exact) mass is 345 g/mol. The fourth-order valence-electron chi connectivity index (χ4n) is 1.73. The average Bonchev–Trinajstić information content (AvgIpc) is 2.23. The highest BCUT2D eigenvalue weighted by molar-refractivity contribution is 7.87. The van der Waals surface area contributed by atoms with Gasteiger partial charge in [-0.2, -0.15) is 21.6 Å². The molecule has 0 aromatic rings. The Kier molecular flexibility index (Phi) is 5.05. The predicted octanol–water partition coefficient (Wildman–Crippen LogP) is 2.62. The Morgan fingerprint density at radius 3 is 2.32 bits per heavy atom. The summed E-state index contributed by atoms with van der Waals surface area (Å²) in [5.41, 5.74) is -6.30. The second-order valence-corrected chi connectivity index (χ2v) is 7.49. The summed E-state index contributed by atoms with van der Waals surface area (Å²) < 4.78 is 68.2. The zero-order valence-corrected chi connectivity index (χ0v) is 13.4. The molecule has 6 nitrogen and oxygen atoms in total. The second kappa shape index (κ2) is 5.98. The Bertz CT molecular complexity index is 562. The van der Waals surface area contributed by atoms with Gasteiger partial charge in [-0.15, -0.1) is 0 Å². The summed E-state index contributed by atoms with van der Waals surface area (Å²) in [6, 6.07) is 0. The summed E-state index contributed by atoms with van der Waals surface area (Å²) in [6.07, 6.45) is 0.488. The molecule has 1 rings (SSSR count).